The molecule has 4 heteroatoms. The van der Waals surface area contributed by atoms with E-state index in [9.17, 15) is 4.39 Å². The van der Waals surface area contributed by atoms with Crippen molar-refractivity contribution in [1.82, 2.24) is 4.98 Å². The van der Waals surface area contributed by atoms with Crippen molar-refractivity contribution in [2.45, 2.75) is 26.7 Å². The van der Waals surface area contributed by atoms with Gasteiger partial charge in [0.25, 0.3) is 0 Å². The van der Waals surface area contributed by atoms with E-state index in [1.165, 1.54) is 10.9 Å². The van der Waals surface area contributed by atoms with Crippen molar-refractivity contribution >= 4 is 11.3 Å². The molecule has 1 N–H and O–H groups in total. The molecule has 2 nitrogen and oxygen atoms in total. The normalized spacial score (nSPS) is 10.9. The molecule has 96 valence electrons. The molecule has 2 aromatic rings. The van der Waals surface area contributed by atoms with Crippen LogP contribution in [0, 0.1) is 19.7 Å². The van der Waals surface area contributed by atoms with Crippen molar-refractivity contribution in [3.63, 3.8) is 0 Å². The fraction of sp³-hybridized carbons (Fsp3) is 0.357. The molecule has 0 atom stereocenters. The highest BCUT2D eigenvalue weighted by Crippen LogP contribution is 2.29. The number of aromatic nitrogens is 1. The van der Waals surface area contributed by atoms with Crippen LogP contribution in [-0.2, 0) is 6.42 Å². The number of rotatable bonds is 4. The summed E-state index contributed by atoms with van der Waals surface area (Å²) in [4.78, 5) is 5.71. The van der Waals surface area contributed by atoms with Crippen molar-refractivity contribution < 1.29 is 9.50 Å². The van der Waals surface area contributed by atoms with Gasteiger partial charge in [0.05, 0.1) is 5.69 Å². The summed E-state index contributed by atoms with van der Waals surface area (Å²) in [6, 6.07) is 5.06. The predicted octanol–water partition coefficient (Wildman–Crippen LogP) is 3.49. The van der Waals surface area contributed by atoms with E-state index in [1.807, 2.05) is 13.0 Å². The van der Waals surface area contributed by atoms with E-state index >= 15 is 0 Å². The maximum atomic E-state index is 13.2. The van der Waals surface area contributed by atoms with Gasteiger partial charge in [0.15, 0.2) is 0 Å². The van der Waals surface area contributed by atoms with Crippen LogP contribution >= 0.6 is 11.3 Å². The number of thiazole rings is 1. The molecule has 0 aliphatic heterocycles. The second kappa shape index (κ2) is 5.59. The highest BCUT2D eigenvalue weighted by molar-refractivity contribution is 7.15. The van der Waals surface area contributed by atoms with Crippen LogP contribution in [0.25, 0.3) is 10.6 Å². The molecule has 1 aromatic heterocycles. The van der Waals surface area contributed by atoms with Gasteiger partial charge in [0, 0.05) is 17.0 Å². The topological polar surface area (TPSA) is 33.1 Å². The first-order chi connectivity index (χ1) is 8.61. The average molecular weight is 265 g/mol. The molecule has 0 radical (unpaired) electrons. The first kappa shape index (κ1) is 13.2. The highest BCUT2D eigenvalue weighted by Gasteiger charge is 2.10. The molecule has 0 unspecified atom stereocenters. The summed E-state index contributed by atoms with van der Waals surface area (Å²) in [5, 5.41) is 9.77. The zero-order chi connectivity index (χ0) is 13.1. The van der Waals surface area contributed by atoms with Gasteiger partial charge in [-0.25, -0.2) is 9.37 Å². The number of hydrogen-bond donors (Lipinski definition) is 1. The van der Waals surface area contributed by atoms with Crippen LogP contribution in [0.1, 0.15) is 22.6 Å². The van der Waals surface area contributed by atoms with Gasteiger partial charge < -0.3 is 5.11 Å². The Morgan fingerprint density at radius 2 is 2.11 bits per heavy atom. The molecule has 0 bridgehead atoms. The molecule has 0 saturated carbocycles. The minimum absolute atomic E-state index is 0.187. The van der Waals surface area contributed by atoms with E-state index in [0.29, 0.717) is 5.56 Å². The summed E-state index contributed by atoms with van der Waals surface area (Å²) in [6.07, 6.45) is 1.60. The molecule has 0 amide bonds. The van der Waals surface area contributed by atoms with Gasteiger partial charge in [-0.1, -0.05) is 0 Å². The lowest BCUT2D eigenvalue weighted by molar-refractivity contribution is 0.289. The minimum atomic E-state index is -0.187. The SMILES string of the molecule is Cc1cc(-c2nc(C)c(CCCO)s2)ccc1F. The quantitative estimate of drug-likeness (QED) is 0.918. The largest absolute Gasteiger partial charge is 0.396 e. The fourth-order valence-electron chi connectivity index (χ4n) is 1.80. The Morgan fingerprint density at radius 3 is 2.78 bits per heavy atom. The Balaban J connectivity index is 2.30. The van der Waals surface area contributed by atoms with Crippen molar-refractivity contribution in [2.24, 2.45) is 0 Å². The number of aliphatic hydroxyl groups is 1. The first-order valence-corrected chi connectivity index (χ1v) is 6.77. The van der Waals surface area contributed by atoms with Crippen molar-refractivity contribution in [3.05, 3.63) is 40.2 Å². The smallest absolute Gasteiger partial charge is 0.126 e. The van der Waals surface area contributed by atoms with E-state index in [1.54, 1.807) is 24.3 Å². The van der Waals surface area contributed by atoms with Crippen molar-refractivity contribution in [2.75, 3.05) is 6.61 Å². The Kier molecular flexibility index (Phi) is 4.09. The van der Waals surface area contributed by atoms with Gasteiger partial charge in [-0.15, -0.1) is 11.3 Å². The van der Waals surface area contributed by atoms with Crippen LogP contribution in [0.2, 0.25) is 0 Å². The van der Waals surface area contributed by atoms with Gasteiger partial charge in [-0.3, -0.25) is 0 Å². The number of benzene rings is 1. The van der Waals surface area contributed by atoms with Gasteiger partial charge in [-0.2, -0.15) is 0 Å². The maximum absolute atomic E-state index is 13.2. The Bertz CT molecular complexity index is 551. The Hall–Kier alpha value is -1.26. The van der Waals surface area contributed by atoms with Crippen LogP contribution in [0.4, 0.5) is 4.39 Å². The molecule has 0 aliphatic carbocycles. The Morgan fingerprint density at radius 1 is 1.33 bits per heavy atom. The summed E-state index contributed by atoms with van der Waals surface area (Å²) >= 11 is 1.62. The fourth-order valence-corrected chi connectivity index (χ4v) is 2.90. The lowest BCUT2D eigenvalue weighted by atomic mass is 10.1. The number of halogens is 1. The maximum Gasteiger partial charge on any atom is 0.126 e. The number of hydrogen-bond acceptors (Lipinski definition) is 3. The molecule has 0 aliphatic rings. The summed E-state index contributed by atoms with van der Waals surface area (Å²) in [7, 11) is 0. The standard InChI is InChI=1S/C14H16FNOS/c1-9-8-11(5-6-12(9)15)14-16-10(2)13(18-14)4-3-7-17/h5-6,8,17H,3-4,7H2,1-2H3. The molecule has 1 heterocycles. The van der Waals surface area contributed by atoms with Crippen LogP contribution in [0.15, 0.2) is 18.2 Å². The Labute approximate surface area is 110 Å². The van der Waals surface area contributed by atoms with E-state index in [0.717, 1.165) is 29.1 Å². The van der Waals surface area contributed by atoms with Crippen molar-refractivity contribution in [3.8, 4) is 10.6 Å². The van der Waals surface area contributed by atoms with E-state index in [2.05, 4.69) is 4.98 Å². The van der Waals surface area contributed by atoms with Crippen LogP contribution < -0.4 is 0 Å². The predicted molar refractivity (Wildman–Crippen MR) is 72.4 cm³/mol. The molecule has 0 spiro atoms. The summed E-state index contributed by atoms with van der Waals surface area (Å²) in [5.41, 5.74) is 2.60. The third-order valence-electron chi connectivity index (χ3n) is 2.86. The molecule has 0 fully saturated rings. The van der Waals surface area contributed by atoms with E-state index in [-0.39, 0.29) is 12.4 Å². The third-order valence-corrected chi connectivity index (χ3v) is 4.13. The minimum Gasteiger partial charge on any atom is -0.396 e. The van der Waals surface area contributed by atoms with Gasteiger partial charge in [-0.05, 0) is 50.5 Å². The third kappa shape index (κ3) is 2.76. The molecular formula is C14H16FNOS. The highest BCUT2D eigenvalue weighted by atomic mass is 32.1. The lowest BCUT2D eigenvalue weighted by Crippen LogP contribution is -1.88. The summed E-state index contributed by atoms with van der Waals surface area (Å²) < 4.78 is 13.2. The number of nitrogens with zero attached hydrogens (tertiary/aromatic N) is 1. The van der Waals surface area contributed by atoms with Crippen molar-refractivity contribution in [1.29, 1.82) is 0 Å². The first-order valence-electron chi connectivity index (χ1n) is 5.95. The molecule has 2 rings (SSSR count). The van der Waals surface area contributed by atoms with E-state index < -0.39 is 0 Å². The zero-order valence-electron chi connectivity index (χ0n) is 10.5. The molecule has 1 aromatic carbocycles. The molecular weight excluding hydrogens is 249 g/mol. The summed E-state index contributed by atoms with van der Waals surface area (Å²) in [5.74, 6) is -0.187. The van der Waals surface area contributed by atoms with Crippen LogP contribution in [0.3, 0.4) is 0 Å². The number of aryl methyl sites for hydroxylation is 3. The van der Waals surface area contributed by atoms with Gasteiger partial charge in [0.2, 0.25) is 0 Å². The van der Waals surface area contributed by atoms with Gasteiger partial charge >= 0.3 is 0 Å². The second-order valence-corrected chi connectivity index (χ2v) is 5.40. The molecule has 18 heavy (non-hydrogen) atoms. The monoisotopic (exact) mass is 265 g/mol. The van der Waals surface area contributed by atoms with E-state index in [4.69, 9.17) is 5.11 Å². The summed E-state index contributed by atoms with van der Waals surface area (Å²) in [6.45, 7) is 3.93. The van der Waals surface area contributed by atoms with Gasteiger partial charge in [0.1, 0.15) is 10.8 Å². The van der Waals surface area contributed by atoms with Crippen LogP contribution in [-0.4, -0.2) is 16.7 Å². The second-order valence-electron chi connectivity index (χ2n) is 4.32. The number of aliphatic hydroxyl groups excluding tert-OH is 1. The molecule has 0 saturated heterocycles. The zero-order valence-corrected chi connectivity index (χ0v) is 11.4. The van der Waals surface area contributed by atoms with Crippen LogP contribution in [0.5, 0.6) is 0 Å². The lowest BCUT2D eigenvalue weighted by Gasteiger charge is -1.99. The average Bonchev–Trinajstić information content (AvgIpc) is 2.72.